The summed E-state index contributed by atoms with van der Waals surface area (Å²) in [6, 6.07) is 9.11. The number of hydrogen-bond acceptors (Lipinski definition) is 7. The molecule has 3 rings (SSSR count). The number of hydrogen-bond donors (Lipinski definition) is 2. The Hall–Kier alpha value is -2.52. The molecule has 1 unspecified atom stereocenters. The van der Waals surface area contributed by atoms with Gasteiger partial charge in [0.2, 0.25) is 0 Å². The average Bonchev–Trinajstić information content (AvgIpc) is 3.13. The number of aliphatic imine (C=N–C) groups is 1. The van der Waals surface area contributed by atoms with E-state index in [0.717, 1.165) is 16.5 Å². The van der Waals surface area contributed by atoms with Gasteiger partial charge in [-0.1, -0.05) is 52.3 Å². The third kappa shape index (κ3) is 5.10. The minimum atomic E-state index is -0.306. The topological polar surface area (TPSA) is 100 Å². The maximum atomic E-state index is 12.6. The number of nitrogens with one attached hydrogen (secondary N) is 1. The molecular formula is C20H23ClN4O4. The highest BCUT2D eigenvalue weighted by Gasteiger charge is 2.23. The molecule has 1 amide bonds. The van der Waals surface area contributed by atoms with E-state index in [0.29, 0.717) is 48.0 Å². The fourth-order valence-electron chi connectivity index (χ4n) is 3.10. The summed E-state index contributed by atoms with van der Waals surface area (Å²) in [5.74, 6) is 0.202. The molecule has 2 aromatic rings. The van der Waals surface area contributed by atoms with Crippen LogP contribution in [0.2, 0.25) is 0 Å². The van der Waals surface area contributed by atoms with Crippen LogP contribution in [0.25, 0.3) is 11.3 Å². The van der Waals surface area contributed by atoms with Gasteiger partial charge in [0.15, 0.2) is 0 Å². The van der Waals surface area contributed by atoms with Crippen LogP contribution >= 0.6 is 11.6 Å². The summed E-state index contributed by atoms with van der Waals surface area (Å²) in [5, 5.41) is 17.7. The van der Waals surface area contributed by atoms with Gasteiger partial charge >= 0.3 is 0 Å². The second-order valence-electron chi connectivity index (χ2n) is 6.52. The van der Waals surface area contributed by atoms with Gasteiger partial charge < -0.3 is 9.84 Å². The van der Waals surface area contributed by atoms with Gasteiger partial charge in [-0.3, -0.25) is 19.8 Å². The molecule has 8 nitrogen and oxygen atoms in total. The van der Waals surface area contributed by atoms with Gasteiger partial charge in [-0.25, -0.2) is 0 Å². The molecule has 0 fully saturated rings. The van der Waals surface area contributed by atoms with E-state index in [-0.39, 0.29) is 11.9 Å². The first-order chi connectivity index (χ1) is 14.0. The number of allylic oxidation sites excluding steroid dienone is 1. The van der Waals surface area contributed by atoms with Crippen molar-refractivity contribution >= 4 is 23.2 Å². The molecule has 0 spiro atoms. The van der Waals surface area contributed by atoms with Crippen LogP contribution in [0.5, 0.6) is 0 Å². The van der Waals surface area contributed by atoms with Crippen LogP contribution in [-0.2, 0) is 4.84 Å². The van der Waals surface area contributed by atoms with Crippen molar-refractivity contribution in [3.05, 3.63) is 52.8 Å². The molecule has 1 aliphatic rings. The number of carbonyl (C=O) groups is 1. The summed E-state index contributed by atoms with van der Waals surface area (Å²) in [6.45, 7) is 2.44. The summed E-state index contributed by atoms with van der Waals surface area (Å²) in [6.07, 6.45) is 2.93. The van der Waals surface area contributed by atoms with Gasteiger partial charge in [0.1, 0.15) is 17.0 Å². The van der Waals surface area contributed by atoms with E-state index in [1.54, 1.807) is 13.0 Å². The Morgan fingerprint density at radius 2 is 2.21 bits per heavy atom. The Labute approximate surface area is 173 Å². The number of rotatable bonds is 7. The zero-order valence-electron chi connectivity index (χ0n) is 16.3. The van der Waals surface area contributed by atoms with Gasteiger partial charge in [-0.05, 0) is 25.8 Å². The fourth-order valence-corrected chi connectivity index (χ4v) is 3.40. The number of benzene rings is 1. The molecule has 9 heteroatoms. The molecule has 1 atom stereocenters. The van der Waals surface area contributed by atoms with Crippen LogP contribution in [0.15, 0.2) is 51.0 Å². The van der Waals surface area contributed by atoms with Crippen LogP contribution in [-0.4, -0.2) is 53.5 Å². The normalized spacial score (nSPS) is 18.2. The Morgan fingerprint density at radius 3 is 2.90 bits per heavy atom. The van der Waals surface area contributed by atoms with Crippen molar-refractivity contribution in [2.75, 3.05) is 20.2 Å². The Balaban J connectivity index is 1.59. The Kier molecular flexibility index (Phi) is 7.16. The molecule has 0 saturated carbocycles. The quantitative estimate of drug-likeness (QED) is 0.528. The number of amides is 1. The Bertz CT molecular complexity index is 910. The largest absolute Gasteiger partial charge is 0.360 e. The molecule has 1 aliphatic carbocycles. The van der Waals surface area contributed by atoms with E-state index >= 15 is 0 Å². The molecule has 29 heavy (non-hydrogen) atoms. The molecule has 1 aromatic heterocycles. The second-order valence-corrected chi connectivity index (χ2v) is 6.93. The lowest BCUT2D eigenvalue weighted by molar-refractivity contribution is -0.341. The summed E-state index contributed by atoms with van der Waals surface area (Å²) >= 11 is 6.24. The van der Waals surface area contributed by atoms with Crippen molar-refractivity contribution in [3.8, 4) is 11.3 Å². The number of aromatic nitrogens is 1. The lowest BCUT2D eigenvalue weighted by atomic mass is 10.0. The van der Waals surface area contributed by atoms with Gasteiger partial charge in [-0.15, -0.1) is 0 Å². The fraction of sp³-hybridized carbons (Fsp3) is 0.350. The monoisotopic (exact) mass is 418 g/mol. The van der Waals surface area contributed by atoms with Crippen LogP contribution < -0.4 is 5.32 Å². The maximum Gasteiger partial charge on any atom is 0.257 e. The molecular weight excluding hydrogens is 396 g/mol. The first-order valence-corrected chi connectivity index (χ1v) is 9.62. The van der Waals surface area contributed by atoms with E-state index in [1.165, 1.54) is 7.11 Å². The highest BCUT2D eigenvalue weighted by Crippen LogP contribution is 2.25. The van der Waals surface area contributed by atoms with Crippen LogP contribution in [0.1, 0.15) is 29.0 Å². The molecule has 2 N–H and O–H groups in total. The molecule has 1 heterocycles. The van der Waals surface area contributed by atoms with Crippen LogP contribution in [0.4, 0.5) is 0 Å². The molecule has 154 valence electrons. The van der Waals surface area contributed by atoms with Crippen molar-refractivity contribution in [1.82, 2.24) is 15.7 Å². The molecule has 0 radical (unpaired) electrons. The Morgan fingerprint density at radius 1 is 1.45 bits per heavy atom. The number of carbonyl (C=O) groups excluding carboxylic acids is 1. The summed E-state index contributed by atoms with van der Waals surface area (Å²) < 4.78 is 5.23. The molecule has 0 bridgehead atoms. The molecule has 0 aliphatic heterocycles. The number of hydroxylamine groups is 2. The average molecular weight is 419 g/mol. The SMILES string of the molecule is CON(O)C1C=C(Cl)C(=NCCNC(=O)c2c(-c3ccccc3)noc2C)CC1. The number of nitrogens with zero attached hydrogens (tertiary/aromatic N) is 3. The van der Waals surface area contributed by atoms with Crippen molar-refractivity contribution in [1.29, 1.82) is 0 Å². The minimum Gasteiger partial charge on any atom is -0.360 e. The molecule has 1 aromatic carbocycles. The van der Waals surface area contributed by atoms with Crippen molar-refractivity contribution < 1.29 is 19.4 Å². The summed E-state index contributed by atoms with van der Waals surface area (Å²) in [4.78, 5) is 21.9. The smallest absolute Gasteiger partial charge is 0.257 e. The second kappa shape index (κ2) is 9.80. The predicted molar refractivity (Wildman–Crippen MR) is 109 cm³/mol. The minimum absolute atomic E-state index is 0.260. The van der Waals surface area contributed by atoms with Gasteiger partial charge in [-0.2, -0.15) is 0 Å². The summed E-state index contributed by atoms with van der Waals surface area (Å²) in [5.41, 5.74) is 2.50. The third-order valence-electron chi connectivity index (χ3n) is 4.60. The van der Waals surface area contributed by atoms with E-state index < -0.39 is 0 Å². The highest BCUT2D eigenvalue weighted by atomic mass is 35.5. The van der Waals surface area contributed by atoms with E-state index in [4.69, 9.17) is 21.0 Å². The zero-order valence-corrected chi connectivity index (χ0v) is 17.0. The first-order valence-electron chi connectivity index (χ1n) is 9.24. The predicted octanol–water partition coefficient (Wildman–Crippen LogP) is 3.36. The maximum absolute atomic E-state index is 12.6. The standard InChI is InChI=1S/C20H23ClN4O4/c1-13-18(19(24-29-13)14-6-4-3-5-7-14)20(26)23-11-10-22-17-9-8-15(12-16(17)21)25(27)28-2/h3-7,12,15,27H,8-11H2,1-2H3,(H,23,26). The lowest BCUT2D eigenvalue weighted by Gasteiger charge is -2.24. The lowest BCUT2D eigenvalue weighted by Crippen LogP contribution is -2.33. The van der Waals surface area contributed by atoms with Crippen LogP contribution in [0, 0.1) is 6.92 Å². The van der Waals surface area contributed by atoms with Gasteiger partial charge in [0, 0.05) is 12.1 Å². The van der Waals surface area contributed by atoms with E-state index in [2.05, 4.69) is 15.5 Å². The van der Waals surface area contributed by atoms with Gasteiger partial charge in [0.05, 0.1) is 30.4 Å². The molecule has 0 saturated heterocycles. The van der Waals surface area contributed by atoms with Crippen LogP contribution in [0.3, 0.4) is 0 Å². The third-order valence-corrected chi connectivity index (χ3v) is 4.94. The van der Waals surface area contributed by atoms with Crippen molar-refractivity contribution in [3.63, 3.8) is 0 Å². The summed E-state index contributed by atoms with van der Waals surface area (Å²) in [7, 11) is 1.38. The van der Waals surface area contributed by atoms with Gasteiger partial charge in [0.25, 0.3) is 5.91 Å². The number of aryl methyl sites for hydroxylation is 1. The first kappa shape index (κ1) is 21.2. The zero-order chi connectivity index (χ0) is 20.8. The van der Waals surface area contributed by atoms with E-state index in [1.807, 2.05) is 30.3 Å². The van der Waals surface area contributed by atoms with E-state index in [9.17, 15) is 10.0 Å². The van der Waals surface area contributed by atoms with Crippen molar-refractivity contribution in [2.24, 2.45) is 4.99 Å². The van der Waals surface area contributed by atoms with Crippen molar-refractivity contribution in [2.45, 2.75) is 25.8 Å². The number of halogens is 1. The highest BCUT2D eigenvalue weighted by molar-refractivity contribution is 6.43.